The molecule has 0 amide bonds. The number of rotatable bonds is 4. The molecule has 1 atom stereocenters. The van der Waals surface area contributed by atoms with Crippen LogP contribution in [0.2, 0.25) is 0 Å². The fourth-order valence-corrected chi connectivity index (χ4v) is 1.38. The SMILES string of the molecule is CC(C)n1ncnc1CC(C)(N)C(C)C. The monoisotopic (exact) mass is 210 g/mol. The Bertz CT molecular complexity index is 312. The molecule has 4 nitrogen and oxygen atoms in total. The van der Waals surface area contributed by atoms with Crippen LogP contribution in [0.3, 0.4) is 0 Å². The van der Waals surface area contributed by atoms with Crippen LogP contribution in [0.25, 0.3) is 0 Å². The molecule has 86 valence electrons. The van der Waals surface area contributed by atoms with Crippen LogP contribution >= 0.6 is 0 Å². The van der Waals surface area contributed by atoms with Crippen molar-refractivity contribution < 1.29 is 0 Å². The van der Waals surface area contributed by atoms with E-state index in [0.717, 1.165) is 12.2 Å². The minimum atomic E-state index is -0.223. The van der Waals surface area contributed by atoms with Gasteiger partial charge in [-0.25, -0.2) is 9.67 Å². The van der Waals surface area contributed by atoms with Gasteiger partial charge in [-0.15, -0.1) is 0 Å². The third kappa shape index (κ3) is 2.78. The fraction of sp³-hybridized carbons (Fsp3) is 0.818. The first-order valence-corrected chi connectivity index (χ1v) is 5.52. The number of nitrogens with two attached hydrogens (primary N) is 1. The lowest BCUT2D eigenvalue weighted by atomic mass is 9.86. The molecule has 0 fully saturated rings. The quantitative estimate of drug-likeness (QED) is 0.824. The molecule has 0 aliphatic carbocycles. The van der Waals surface area contributed by atoms with Crippen LogP contribution in [0.4, 0.5) is 0 Å². The highest BCUT2D eigenvalue weighted by atomic mass is 15.3. The van der Waals surface area contributed by atoms with Crippen LogP contribution in [-0.4, -0.2) is 20.3 Å². The molecule has 0 bridgehead atoms. The average Bonchev–Trinajstić information content (AvgIpc) is 2.51. The van der Waals surface area contributed by atoms with Crippen molar-refractivity contribution in [2.45, 2.75) is 52.6 Å². The minimum Gasteiger partial charge on any atom is -0.325 e. The second-order valence-electron chi connectivity index (χ2n) is 5.05. The summed E-state index contributed by atoms with van der Waals surface area (Å²) < 4.78 is 1.94. The highest BCUT2D eigenvalue weighted by Crippen LogP contribution is 2.19. The standard InChI is InChI=1S/C11H22N4/c1-8(2)11(5,12)6-10-13-7-14-15(10)9(3)4/h7-9H,6,12H2,1-5H3. The molecule has 0 aliphatic rings. The average molecular weight is 210 g/mol. The van der Waals surface area contributed by atoms with Gasteiger partial charge in [-0.1, -0.05) is 13.8 Å². The normalized spacial score (nSPS) is 16.0. The molecule has 0 radical (unpaired) electrons. The van der Waals surface area contributed by atoms with Gasteiger partial charge in [0.05, 0.1) is 0 Å². The van der Waals surface area contributed by atoms with Gasteiger partial charge in [-0.3, -0.25) is 0 Å². The highest BCUT2D eigenvalue weighted by Gasteiger charge is 2.26. The van der Waals surface area contributed by atoms with Gasteiger partial charge in [-0.05, 0) is 26.7 Å². The summed E-state index contributed by atoms with van der Waals surface area (Å²) >= 11 is 0. The van der Waals surface area contributed by atoms with Gasteiger partial charge >= 0.3 is 0 Å². The molecule has 1 aromatic heterocycles. The Morgan fingerprint density at radius 1 is 1.40 bits per heavy atom. The summed E-state index contributed by atoms with van der Waals surface area (Å²) in [6.45, 7) is 10.5. The maximum atomic E-state index is 6.24. The first-order chi connectivity index (χ1) is 6.84. The second-order valence-corrected chi connectivity index (χ2v) is 5.05. The number of aromatic nitrogens is 3. The molecule has 0 aromatic carbocycles. The lowest BCUT2D eigenvalue weighted by molar-refractivity contribution is 0.322. The molecular formula is C11H22N4. The number of hydrogen-bond donors (Lipinski definition) is 1. The van der Waals surface area contributed by atoms with E-state index in [1.54, 1.807) is 6.33 Å². The molecule has 15 heavy (non-hydrogen) atoms. The number of nitrogens with zero attached hydrogens (tertiary/aromatic N) is 3. The third-order valence-electron chi connectivity index (χ3n) is 2.99. The molecule has 0 spiro atoms. The van der Waals surface area contributed by atoms with Gasteiger partial charge in [0.15, 0.2) is 0 Å². The van der Waals surface area contributed by atoms with Crippen molar-refractivity contribution in [2.75, 3.05) is 0 Å². The maximum absolute atomic E-state index is 6.24. The Balaban J connectivity index is 2.85. The zero-order chi connectivity index (χ0) is 11.6. The summed E-state index contributed by atoms with van der Waals surface area (Å²) in [5.74, 6) is 1.40. The van der Waals surface area contributed by atoms with E-state index in [1.165, 1.54) is 0 Å². The van der Waals surface area contributed by atoms with Crippen molar-refractivity contribution in [1.82, 2.24) is 14.8 Å². The second kappa shape index (κ2) is 4.31. The molecule has 1 aromatic rings. The highest BCUT2D eigenvalue weighted by molar-refractivity contribution is 4.97. The predicted octanol–water partition coefficient (Wildman–Crippen LogP) is 1.77. The molecule has 0 aliphatic heterocycles. The lowest BCUT2D eigenvalue weighted by Crippen LogP contribution is -2.44. The number of hydrogen-bond acceptors (Lipinski definition) is 3. The van der Waals surface area contributed by atoms with Crippen molar-refractivity contribution in [3.63, 3.8) is 0 Å². The van der Waals surface area contributed by atoms with Crippen molar-refractivity contribution in [1.29, 1.82) is 0 Å². The predicted molar refractivity (Wildman–Crippen MR) is 61.5 cm³/mol. The summed E-state index contributed by atoms with van der Waals surface area (Å²) in [5, 5.41) is 4.21. The summed E-state index contributed by atoms with van der Waals surface area (Å²) in [7, 11) is 0. The van der Waals surface area contributed by atoms with E-state index in [2.05, 4.69) is 44.7 Å². The van der Waals surface area contributed by atoms with E-state index in [-0.39, 0.29) is 5.54 Å². The summed E-state index contributed by atoms with van der Waals surface area (Å²) in [6, 6.07) is 0.338. The van der Waals surface area contributed by atoms with Crippen molar-refractivity contribution in [3.05, 3.63) is 12.2 Å². The summed E-state index contributed by atoms with van der Waals surface area (Å²) in [6.07, 6.45) is 2.37. The Labute approximate surface area is 91.9 Å². The van der Waals surface area contributed by atoms with Crippen LogP contribution in [0, 0.1) is 5.92 Å². The summed E-state index contributed by atoms with van der Waals surface area (Å²) in [5.41, 5.74) is 6.02. The van der Waals surface area contributed by atoms with E-state index in [1.807, 2.05) is 4.68 Å². The fourth-order valence-electron chi connectivity index (χ4n) is 1.38. The van der Waals surface area contributed by atoms with Crippen molar-refractivity contribution in [3.8, 4) is 0 Å². The first-order valence-electron chi connectivity index (χ1n) is 5.52. The third-order valence-corrected chi connectivity index (χ3v) is 2.99. The van der Waals surface area contributed by atoms with Gasteiger partial charge < -0.3 is 5.73 Å². The zero-order valence-corrected chi connectivity index (χ0v) is 10.4. The van der Waals surface area contributed by atoms with Crippen LogP contribution in [0.5, 0.6) is 0 Å². The van der Waals surface area contributed by atoms with E-state index in [9.17, 15) is 0 Å². The van der Waals surface area contributed by atoms with E-state index in [0.29, 0.717) is 12.0 Å². The molecule has 0 saturated carbocycles. The molecule has 1 unspecified atom stereocenters. The first kappa shape index (κ1) is 12.2. The summed E-state index contributed by atoms with van der Waals surface area (Å²) in [4.78, 5) is 4.28. The molecule has 1 heterocycles. The Morgan fingerprint density at radius 3 is 2.47 bits per heavy atom. The Hall–Kier alpha value is -0.900. The van der Waals surface area contributed by atoms with Crippen molar-refractivity contribution in [2.24, 2.45) is 11.7 Å². The lowest BCUT2D eigenvalue weighted by Gasteiger charge is -2.29. The van der Waals surface area contributed by atoms with E-state index in [4.69, 9.17) is 5.73 Å². The van der Waals surface area contributed by atoms with Gasteiger partial charge in [0.2, 0.25) is 0 Å². The molecule has 1 rings (SSSR count). The maximum Gasteiger partial charge on any atom is 0.138 e. The van der Waals surface area contributed by atoms with E-state index < -0.39 is 0 Å². The van der Waals surface area contributed by atoms with Crippen molar-refractivity contribution >= 4 is 0 Å². The topological polar surface area (TPSA) is 56.7 Å². The van der Waals surface area contributed by atoms with Crippen LogP contribution < -0.4 is 5.73 Å². The Kier molecular flexibility index (Phi) is 3.50. The van der Waals surface area contributed by atoms with Crippen LogP contribution in [0.15, 0.2) is 6.33 Å². The van der Waals surface area contributed by atoms with Crippen LogP contribution in [-0.2, 0) is 6.42 Å². The van der Waals surface area contributed by atoms with E-state index >= 15 is 0 Å². The molecular weight excluding hydrogens is 188 g/mol. The van der Waals surface area contributed by atoms with Gasteiger partial charge in [-0.2, -0.15) is 5.10 Å². The van der Waals surface area contributed by atoms with Gasteiger partial charge in [0.1, 0.15) is 12.2 Å². The smallest absolute Gasteiger partial charge is 0.138 e. The minimum absolute atomic E-state index is 0.223. The molecule has 2 N–H and O–H groups in total. The zero-order valence-electron chi connectivity index (χ0n) is 10.4. The van der Waals surface area contributed by atoms with Crippen LogP contribution in [0.1, 0.15) is 46.5 Å². The largest absolute Gasteiger partial charge is 0.325 e. The van der Waals surface area contributed by atoms with Gasteiger partial charge in [0, 0.05) is 18.0 Å². The molecule has 0 saturated heterocycles. The van der Waals surface area contributed by atoms with Gasteiger partial charge in [0.25, 0.3) is 0 Å². The molecule has 4 heteroatoms. The Morgan fingerprint density at radius 2 is 2.00 bits per heavy atom.